The third kappa shape index (κ3) is 1.22. The van der Waals surface area contributed by atoms with Crippen molar-refractivity contribution in [1.29, 1.82) is 0 Å². The lowest BCUT2D eigenvalue weighted by Gasteiger charge is -2.32. The first kappa shape index (κ1) is 8.86. The van der Waals surface area contributed by atoms with Crippen LogP contribution < -0.4 is 0 Å². The maximum atomic E-state index is 11.5. The molecule has 3 rings (SSSR count). The summed E-state index contributed by atoms with van der Waals surface area (Å²) in [6, 6.07) is 0. The van der Waals surface area contributed by atoms with Crippen molar-refractivity contribution < 1.29 is 14.3 Å². The van der Waals surface area contributed by atoms with E-state index >= 15 is 0 Å². The highest BCUT2D eigenvalue weighted by Gasteiger charge is 2.52. The number of Topliss-reactive ketones (excluding diaryl/α,β-unsaturated/α-hetero) is 1. The molecule has 1 heterocycles. The van der Waals surface area contributed by atoms with E-state index in [4.69, 9.17) is 9.47 Å². The third-order valence-electron chi connectivity index (χ3n) is 3.65. The molecule has 0 radical (unpaired) electrons. The van der Waals surface area contributed by atoms with Crippen molar-refractivity contribution in [2.75, 3.05) is 0 Å². The molecule has 2 unspecified atom stereocenters. The molecular weight excluding hydrogens is 180 g/mol. The predicted molar refractivity (Wildman–Crippen MR) is 49.8 cm³/mol. The number of carbonyl (C=O) groups excluding carboxylic acids is 1. The van der Waals surface area contributed by atoms with Crippen molar-refractivity contribution >= 4 is 5.78 Å². The van der Waals surface area contributed by atoms with Crippen molar-refractivity contribution in [1.82, 2.24) is 0 Å². The number of fused-ring (bicyclic) bond motifs is 1. The van der Waals surface area contributed by atoms with Crippen molar-refractivity contribution in [3.05, 3.63) is 0 Å². The van der Waals surface area contributed by atoms with Gasteiger partial charge in [0, 0.05) is 19.3 Å². The van der Waals surface area contributed by atoms with Crippen LogP contribution in [0.1, 0.15) is 44.9 Å². The Labute approximate surface area is 83.8 Å². The first-order valence-electron chi connectivity index (χ1n) is 5.67. The Kier molecular flexibility index (Phi) is 1.92. The van der Waals surface area contributed by atoms with Crippen LogP contribution in [-0.2, 0) is 14.3 Å². The number of hydrogen-bond acceptors (Lipinski definition) is 3. The van der Waals surface area contributed by atoms with Gasteiger partial charge in [-0.1, -0.05) is 6.42 Å². The Bertz CT molecular complexity index is 255. The monoisotopic (exact) mass is 196 g/mol. The largest absolute Gasteiger partial charge is 0.343 e. The molecule has 78 valence electrons. The Balaban J connectivity index is 1.77. The zero-order valence-corrected chi connectivity index (χ0v) is 8.33. The summed E-state index contributed by atoms with van der Waals surface area (Å²) < 4.78 is 11.8. The third-order valence-corrected chi connectivity index (χ3v) is 3.65. The highest BCUT2D eigenvalue weighted by Crippen LogP contribution is 2.44. The summed E-state index contributed by atoms with van der Waals surface area (Å²) in [6.45, 7) is 0. The lowest BCUT2D eigenvalue weighted by atomic mass is 9.94. The standard InChI is InChI=1S/C11H16O3/c12-8-4-5-9-10(8)14-11(13-9)6-2-1-3-7-11/h9-10H,1-7H2. The fourth-order valence-electron chi connectivity index (χ4n) is 2.91. The van der Waals surface area contributed by atoms with Crippen LogP contribution in [-0.4, -0.2) is 23.8 Å². The summed E-state index contributed by atoms with van der Waals surface area (Å²) in [7, 11) is 0. The summed E-state index contributed by atoms with van der Waals surface area (Å²) in [6.07, 6.45) is 6.93. The molecule has 1 spiro atoms. The van der Waals surface area contributed by atoms with Gasteiger partial charge in [-0.15, -0.1) is 0 Å². The van der Waals surface area contributed by atoms with E-state index in [9.17, 15) is 4.79 Å². The van der Waals surface area contributed by atoms with Crippen LogP contribution in [0.15, 0.2) is 0 Å². The fraction of sp³-hybridized carbons (Fsp3) is 0.909. The van der Waals surface area contributed by atoms with Crippen molar-refractivity contribution in [2.45, 2.75) is 62.9 Å². The molecule has 0 aromatic rings. The Morgan fingerprint density at radius 3 is 2.64 bits per heavy atom. The van der Waals surface area contributed by atoms with Crippen LogP contribution in [0.25, 0.3) is 0 Å². The quantitative estimate of drug-likeness (QED) is 0.592. The highest BCUT2D eigenvalue weighted by atomic mass is 16.8. The van der Waals surface area contributed by atoms with Gasteiger partial charge in [0.25, 0.3) is 0 Å². The van der Waals surface area contributed by atoms with Gasteiger partial charge in [0.05, 0.1) is 6.10 Å². The van der Waals surface area contributed by atoms with Crippen molar-refractivity contribution in [2.24, 2.45) is 0 Å². The average molecular weight is 196 g/mol. The van der Waals surface area contributed by atoms with Crippen LogP contribution in [0.5, 0.6) is 0 Å². The van der Waals surface area contributed by atoms with Gasteiger partial charge in [0.1, 0.15) is 6.10 Å². The van der Waals surface area contributed by atoms with Gasteiger partial charge in [-0.2, -0.15) is 0 Å². The smallest absolute Gasteiger partial charge is 0.169 e. The average Bonchev–Trinajstić information content (AvgIpc) is 2.68. The first-order chi connectivity index (χ1) is 6.79. The molecule has 3 heteroatoms. The second-order valence-corrected chi connectivity index (χ2v) is 4.67. The maximum absolute atomic E-state index is 11.5. The number of ketones is 1. The minimum Gasteiger partial charge on any atom is -0.343 e. The molecule has 2 aliphatic carbocycles. The van der Waals surface area contributed by atoms with Gasteiger partial charge in [0.15, 0.2) is 11.6 Å². The molecule has 0 bridgehead atoms. The molecule has 3 fully saturated rings. The molecule has 3 nitrogen and oxygen atoms in total. The van der Waals surface area contributed by atoms with E-state index in [1.807, 2.05) is 0 Å². The molecule has 14 heavy (non-hydrogen) atoms. The summed E-state index contributed by atoms with van der Waals surface area (Å²) in [5.74, 6) is -0.124. The Hall–Kier alpha value is -0.410. The van der Waals surface area contributed by atoms with E-state index in [1.165, 1.54) is 19.3 Å². The molecule has 1 saturated heterocycles. The zero-order chi connectivity index (χ0) is 9.60. The van der Waals surface area contributed by atoms with Crippen LogP contribution >= 0.6 is 0 Å². The minimum absolute atomic E-state index is 0.0700. The number of rotatable bonds is 0. The number of carbonyl (C=O) groups is 1. The topological polar surface area (TPSA) is 35.5 Å². The van der Waals surface area contributed by atoms with Crippen LogP contribution in [0, 0.1) is 0 Å². The van der Waals surface area contributed by atoms with Gasteiger partial charge in [-0.25, -0.2) is 0 Å². The molecule has 0 aromatic carbocycles. The number of hydrogen-bond donors (Lipinski definition) is 0. The van der Waals surface area contributed by atoms with E-state index in [0.717, 1.165) is 19.3 Å². The first-order valence-corrected chi connectivity index (χ1v) is 5.67. The molecule has 3 aliphatic rings. The van der Waals surface area contributed by atoms with Gasteiger partial charge in [-0.05, 0) is 19.3 Å². The summed E-state index contributed by atoms with van der Waals surface area (Å²) in [5.41, 5.74) is 0. The van der Waals surface area contributed by atoms with Gasteiger partial charge < -0.3 is 9.47 Å². The molecule has 0 aromatic heterocycles. The second-order valence-electron chi connectivity index (χ2n) is 4.67. The second kappa shape index (κ2) is 3.04. The summed E-state index contributed by atoms with van der Waals surface area (Å²) in [5, 5.41) is 0. The Morgan fingerprint density at radius 2 is 1.93 bits per heavy atom. The fourth-order valence-corrected chi connectivity index (χ4v) is 2.91. The SMILES string of the molecule is O=C1CCC2OC3(CCCCC3)OC12. The van der Waals surface area contributed by atoms with Gasteiger partial charge in [-0.3, -0.25) is 4.79 Å². The molecule has 0 amide bonds. The van der Waals surface area contributed by atoms with Crippen LogP contribution in [0.4, 0.5) is 0 Å². The molecule has 2 saturated carbocycles. The van der Waals surface area contributed by atoms with E-state index < -0.39 is 0 Å². The van der Waals surface area contributed by atoms with Crippen LogP contribution in [0.2, 0.25) is 0 Å². The lowest BCUT2D eigenvalue weighted by Crippen LogP contribution is -2.34. The van der Waals surface area contributed by atoms with Gasteiger partial charge in [0.2, 0.25) is 0 Å². The van der Waals surface area contributed by atoms with E-state index in [0.29, 0.717) is 6.42 Å². The molecule has 2 atom stereocenters. The number of ether oxygens (including phenoxy) is 2. The highest BCUT2D eigenvalue weighted by molar-refractivity contribution is 5.86. The van der Waals surface area contributed by atoms with E-state index in [1.54, 1.807) is 0 Å². The van der Waals surface area contributed by atoms with E-state index in [-0.39, 0.29) is 23.8 Å². The zero-order valence-electron chi connectivity index (χ0n) is 8.33. The van der Waals surface area contributed by atoms with Crippen molar-refractivity contribution in [3.63, 3.8) is 0 Å². The molecule has 1 aliphatic heterocycles. The normalized spacial score (nSPS) is 40.4. The predicted octanol–water partition coefficient (Wildman–Crippen LogP) is 1.79. The lowest BCUT2D eigenvalue weighted by molar-refractivity contribution is -0.198. The van der Waals surface area contributed by atoms with Crippen molar-refractivity contribution in [3.8, 4) is 0 Å². The maximum Gasteiger partial charge on any atom is 0.169 e. The summed E-state index contributed by atoms with van der Waals surface area (Å²) >= 11 is 0. The Morgan fingerprint density at radius 1 is 1.14 bits per heavy atom. The minimum atomic E-state index is -0.371. The van der Waals surface area contributed by atoms with Gasteiger partial charge >= 0.3 is 0 Å². The molecular formula is C11H16O3. The summed E-state index contributed by atoms with van der Waals surface area (Å²) in [4.78, 5) is 11.5. The van der Waals surface area contributed by atoms with E-state index in [2.05, 4.69) is 0 Å². The van der Waals surface area contributed by atoms with Crippen LogP contribution in [0.3, 0.4) is 0 Å². The molecule has 0 N–H and O–H groups in total.